The number of halogens is 1. The van der Waals surface area contributed by atoms with Gasteiger partial charge in [-0.3, -0.25) is 4.68 Å². The zero-order chi connectivity index (χ0) is 13.9. The molecule has 0 amide bonds. The van der Waals surface area contributed by atoms with Gasteiger partial charge in [-0.2, -0.15) is 5.10 Å². The Kier molecular flexibility index (Phi) is 5.07. The molecule has 0 aliphatic heterocycles. The molecule has 1 saturated carbocycles. The van der Waals surface area contributed by atoms with Crippen LogP contribution in [0.3, 0.4) is 0 Å². The molecule has 1 aliphatic rings. The molecular weight excluding hydrogens is 302 g/mol. The Morgan fingerprint density at radius 2 is 2.00 bits per heavy atom. The first kappa shape index (κ1) is 15.0. The Balaban J connectivity index is 2.23. The van der Waals surface area contributed by atoms with Crippen molar-refractivity contribution in [2.75, 3.05) is 13.6 Å². The molecule has 19 heavy (non-hydrogen) atoms. The van der Waals surface area contributed by atoms with Crippen LogP contribution in [0, 0.1) is 5.41 Å². The zero-order valence-corrected chi connectivity index (χ0v) is 14.0. The second-order valence-electron chi connectivity index (χ2n) is 5.95. The van der Waals surface area contributed by atoms with Crippen molar-refractivity contribution in [2.45, 2.75) is 51.9 Å². The summed E-state index contributed by atoms with van der Waals surface area (Å²) in [6, 6.07) is 0. The summed E-state index contributed by atoms with van der Waals surface area (Å²) in [4.78, 5) is 0. The molecule has 1 aromatic rings. The summed E-state index contributed by atoms with van der Waals surface area (Å²) in [7, 11) is 4.15. The molecule has 1 aromatic heterocycles. The van der Waals surface area contributed by atoms with E-state index < -0.39 is 0 Å². The molecule has 0 spiro atoms. The number of aromatic nitrogens is 2. The molecule has 2 rings (SSSR count). The minimum absolute atomic E-state index is 0.425. The highest BCUT2D eigenvalue weighted by Crippen LogP contribution is 2.40. The maximum atomic E-state index is 4.63. The van der Waals surface area contributed by atoms with E-state index in [0.29, 0.717) is 5.41 Å². The van der Waals surface area contributed by atoms with Gasteiger partial charge >= 0.3 is 0 Å². The fraction of sp³-hybridized carbons (Fsp3) is 0.800. The number of hydrogen-bond donors (Lipinski definition) is 1. The Morgan fingerprint density at radius 3 is 2.53 bits per heavy atom. The Morgan fingerprint density at radius 1 is 1.32 bits per heavy atom. The van der Waals surface area contributed by atoms with Crippen molar-refractivity contribution in [3.63, 3.8) is 0 Å². The Labute approximate surface area is 125 Å². The fourth-order valence-electron chi connectivity index (χ4n) is 3.46. The third-order valence-corrected chi connectivity index (χ3v) is 5.43. The van der Waals surface area contributed by atoms with E-state index in [-0.39, 0.29) is 0 Å². The first-order valence-corrected chi connectivity index (χ1v) is 8.26. The van der Waals surface area contributed by atoms with E-state index in [1.54, 1.807) is 0 Å². The monoisotopic (exact) mass is 327 g/mol. The van der Waals surface area contributed by atoms with Gasteiger partial charge < -0.3 is 5.32 Å². The van der Waals surface area contributed by atoms with Crippen molar-refractivity contribution in [1.29, 1.82) is 0 Å². The molecular formula is C15H26BrN3. The number of nitrogens with one attached hydrogen (secondary N) is 1. The Hall–Kier alpha value is -0.350. The molecule has 108 valence electrons. The van der Waals surface area contributed by atoms with Crippen LogP contribution in [0.2, 0.25) is 0 Å². The van der Waals surface area contributed by atoms with Gasteiger partial charge in [-0.15, -0.1) is 0 Å². The van der Waals surface area contributed by atoms with Gasteiger partial charge in [0.25, 0.3) is 0 Å². The maximum Gasteiger partial charge on any atom is 0.0766 e. The summed E-state index contributed by atoms with van der Waals surface area (Å²) in [6.07, 6.45) is 8.96. The predicted octanol–water partition coefficient (Wildman–Crippen LogP) is 3.46. The topological polar surface area (TPSA) is 29.9 Å². The quantitative estimate of drug-likeness (QED) is 0.897. The summed E-state index contributed by atoms with van der Waals surface area (Å²) < 4.78 is 3.31. The molecule has 0 atom stereocenters. The van der Waals surface area contributed by atoms with Crippen LogP contribution in [0.1, 0.15) is 50.4 Å². The smallest absolute Gasteiger partial charge is 0.0766 e. The molecule has 0 saturated heterocycles. The van der Waals surface area contributed by atoms with E-state index >= 15 is 0 Å². The number of rotatable bonds is 5. The van der Waals surface area contributed by atoms with Crippen molar-refractivity contribution >= 4 is 15.9 Å². The van der Waals surface area contributed by atoms with Crippen LogP contribution in [-0.4, -0.2) is 23.4 Å². The third-order valence-electron chi connectivity index (χ3n) is 4.51. The molecule has 1 fully saturated rings. The molecule has 0 radical (unpaired) electrons. The third kappa shape index (κ3) is 3.22. The molecule has 0 aromatic carbocycles. The highest BCUT2D eigenvalue weighted by atomic mass is 79.9. The molecule has 4 heteroatoms. The normalized spacial score (nSPS) is 18.7. The molecule has 3 nitrogen and oxygen atoms in total. The van der Waals surface area contributed by atoms with Gasteiger partial charge in [0.05, 0.1) is 15.9 Å². The number of nitrogens with zero attached hydrogens (tertiary/aromatic N) is 2. The van der Waals surface area contributed by atoms with Gasteiger partial charge in [-0.1, -0.05) is 26.2 Å². The molecule has 0 unspecified atom stereocenters. The van der Waals surface area contributed by atoms with Crippen LogP contribution in [-0.2, 0) is 19.9 Å². The van der Waals surface area contributed by atoms with Gasteiger partial charge in [-0.05, 0) is 54.1 Å². The van der Waals surface area contributed by atoms with Crippen LogP contribution in [0.25, 0.3) is 0 Å². The van der Waals surface area contributed by atoms with Crippen LogP contribution < -0.4 is 5.32 Å². The van der Waals surface area contributed by atoms with Crippen LogP contribution in [0.4, 0.5) is 0 Å². The lowest BCUT2D eigenvalue weighted by Crippen LogP contribution is -2.37. The van der Waals surface area contributed by atoms with E-state index in [1.807, 2.05) is 0 Å². The average molecular weight is 328 g/mol. The number of hydrogen-bond acceptors (Lipinski definition) is 2. The minimum Gasteiger partial charge on any atom is -0.319 e. The van der Waals surface area contributed by atoms with E-state index in [4.69, 9.17) is 0 Å². The zero-order valence-electron chi connectivity index (χ0n) is 12.4. The Bertz CT molecular complexity index is 414. The minimum atomic E-state index is 0.425. The largest absolute Gasteiger partial charge is 0.319 e. The summed E-state index contributed by atoms with van der Waals surface area (Å²) in [5.41, 5.74) is 2.98. The highest BCUT2D eigenvalue weighted by molar-refractivity contribution is 9.10. The first-order chi connectivity index (χ1) is 9.12. The average Bonchev–Trinajstić information content (AvgIpc) is 2.67. The number of aryl methyl sites for hydroxylation is 2. The van der Waals surface area contributed by atoms with Crippen molar-refractivity contribution in [2.24, 2.45) is 12.5 Å². The SMILES string of the molecule is CCc1nn(C)c(CC2(CNC)CCCCC2)c1Br. The lowest BCUT2D eigenvalue weighted by molar-refractivity contribution is 0.181. The summed E-state index contributed by atoms with van der Waals surface area (Å²) in [5.74, 6) is 0. The highest BCUT2D eigenvalue weighted by Gasteiger charge is 2.33. The maximum absolute atomic E-state index is 4.63. The van der Waals surface area contributed by atoms with E-state index in [9.17, 15) is 0 Å². The molecule has 0 bridgehead atoms. The van der Waals surface area contributed by atoms with Crippen molar-refractivity contribution < 1.29 is 0 Å². The second kappa shape index (κ2) is 6.40. The van der Waals surface area contributed by atoms with Crippen LogP contribution in [0.5, 0.6) is 0 Å². The van der Waals surface area contributed by atoms with Crippen LogP contribution in [0.15, 0.2) is 4.47 Å². The van der Waals surface area contributed by atoms with Crippen LogP contribution >= 0.6 is 15.9 Å². The lowest BCUT2D eigenvalue weighted by atomic mass is 9.71. The van der Waals surface area contributed by atoms with Gasteiger partial charge in [0.15, 0.2) is 0 Å². The predicted molar refractivity (Wildman–Crippen MR) is 83.4 cm³/mol. The van der Waals surface area contributed by atoms with Gasteiger partial charge in [-0.25, -0.2) is 0 Å². The second-order valence-corrected chi connectivity index (χ2v) is 6.75. The first-order valence-electron chi connectivity index (χ1n) is 7.47. The summed E-state index contributed by atoms with van der Waals surface area (Å²) in [5, 5.41) is 8.05. The van der Waals surface area contributed by atoms with Gasteiger partial charge in [0, 0.05) is 13.6 Å². The lowest BCUT2D eigenvalue weighted by Gasteiger charge is -2.37. The summed E-state index contributed by atoms with van der Waals surface area (Å²) >= 11 is 3.76. The molecule has 1 aliphatic carbocycles. The van der Waals surface area contributed by atoms with Crippen molar-refractivity contribution in [3.8, 4) is 0 Å². The standard InChI is InChI=1S/C15H26BrN3/c1-4-12-14(16)13(19(3)18-12)10-15(11-17-2)8-6-5-7-9-15/h17H,4-11H2,1-3H3. The van der Waals surface area contributed by atoms with Gasteiger partial charge in [0.1, 0.15) is 0 Å². The van der Waals surface area contributed by atoms with Crippen molar-refractivity contribution in [3.05, 3.63) is 15.9 Å². The molecule has 1 heterocycles. The molecule has 1 N–H and O–H groups in total. The van der Waals surface area contributed by atoms with Crippen molar-refractivity contribution in [1.82, 2.24) is 15.1 Å². The van der Waals surface area contributed by atoms with E-state index in [0.717, 1.165) is 19.4 Å². The fourth-order valence-corrected chi connectivity index (χ4v) is 4.22. The van der Waals surface area contributed by atoms with E-state index in [2.05, 4.69) is 52.0 Å². The van der Waals surface area contributed by atoms with Gasteiger partial charge in [0.2, 0.25) is 0 Å². The summed E-state index contributed by atoms with van der Waals surface area (Å²) in [6.45, 7) is 3.28. The van der Waals surface area contributed by atoms with E-state index in [1.165, 1.54) is 48.0 Å².